The van der Waals surface area contributed by atoms with Crippen LogP contribution in [0.2, 0.25) is 0 Å². The Bertz CT molecular complexity index is 383. The molecule has 1 saturated carbocycles. The Morgan fingerprint density at radius 3 is 2.67 bits per heavy atom. The minimum atomic E-state index is 0.676. The second kappa shape index (κ2) is 6.19. The van der Waals surface area contributed by atoms with E-state index in [0.717, 1.165) is 18.1 Å². The van der Waals surface area contributed by atoms with Gasteiger partial charge >= 0.3 is 0 Å². The Kier molecular flexibility index (Phi) is 4.59. The van der Waals surface area contributed by atoms with Crippen LogP contribution in [0.15, 0.2) is 12.1 Å². The molecule has 1 aromatic heterocycles. The first kappa shape index (κ1) is 13.3. The minimum Gasteiger partial charge on any atom is -0.357 e. The summed E-state index contributed by atoms with van der Waals surface area (Å²) in [5.74, 6) is 1.13. The summed E-state index contributed by atoms with van der Waals surface area (Å²) in [6, 6.07) is 5.06. The molecule has 0 radical (unpaired) electrons. The lowest BCUT2D eigenvalue weighted by atomic mass is 9.94. The summed E-state index contributed by atoms with van der Waals surface area (Å²) in [4.78, 5) is 7.07. The van der Waals surface area contributed by atoms with Gasteiger partial charge in [-0.3, -0.25) is 0 Å². The van der Waals surface area contributed by atoms with Crippen LogP contribution in [0.1, 0.15) is 43.4 Å². The molecule has 0 bridgehead atoms. The van der Waals surface area contributed by atoms with Gasteiger partial charge in [-0.2, -0.15) is 0 Å². The maximum Gasteiger partial charge on any atom is 0.129 e. The van der Waals surface area contributed by atoms with Crippen molar-refractivity contribution >= 4 is 5.82 Å². The average Bonchev–Trinajstić information content (AvgIpc) is 2.38. The first-order valence-electron chi connectivity index (χ1n) is 7.05. The third-order valence-electron chi connectivity index (χ3n) is 3.86. The van der Waals surface area contributed by atoms with Crippen molar-refractivity contribution in [3.05, 3.63) is 23.4 Å². The first-order valence-corrected chi connectivity index (χ1v) is 7.05. The van der Waals surface area contributed by atoms with Gasteiger partial charge in [0.2, 0.25) is 0 Å². The van der Waals surface area contributed by atoms with Crippen LogP contribution in [0, 0.1) is 6.92 Å². The predicted molar refractivity (Wildman–Crippen MR) is 77.0 cm³/mol. The summed E-state index contributed by atoms with van der Waals surface area (Å²) >= 11 is 0. The molecular formula is C15H25N3. The summed E-state index contributed by atoms with van der Waals surface area (Å²) < 4.78 is 0. The van der Waals surface area contributed by atoms with Gasteiger partial charge in [0.25, 0.3) is 0 Å². The molecule has 1 fully saturated rings. The maximum absolute atomic E-state index is 4.69. The third kappa shape index (κ3) is 3.22. The lowest BCUT2D eigenvalue weighted by Crippen LogP contribution is -2.34. The van der Waals surface area contributed by atoms with Crippen LogP contribution < -0.4 is 10.2 Å². The number of rotatable bonds is 4. The molecule has 0 amide bonds. The van der Waals surface area contributed by atoms with Gasteiger partial charge in [-0.25, -0.2) is 4.98 Å². The molecule has 0 unspecified atom stereocenters. The zero-order valence-electron chi connectivity index (χ0n) is 11.9. The highest BCUT2D eigenvalue weighted by Crippen LogP contribution is 2.25. The molecule has 1 N–H and O–H groups in total. The number of pyridine rings is 1. The van der Waals surface area contributed by atoms with Crippen LogP contribution in [0.5, 0.6) is 0 Å². The lowest BCUT2D eigenvalue weighted by Gasteiger charge is -2.32. The van der Waals surface area contributed by atoms with Gasteiger partial charge in [-0.1, -0.05) is 19.3 Å². The van der Waals surface area contributed by atoms with Crippen molar-refractivity contribution in [3.63, 3.8) is 0 Å². The van der Waals surface area contributed by atoms with Crippen molar-refractivity contribution < 1.29 is 0 Å². The van der Waals surface area contributed by atoms with Gasteiger partial charge in [0, 0.05) is 25.3 Å². The summed E-state index contributed by atoms with van der Waals surface area (Å²) in [5, 5.41) is 3.21. The van der Waals surface area contributed by atoms with Gasteiger partial charge in [-0.15, -0.1) is 0 Å². The monoisotopic (exact) mass is 247 g/mol. The second-order valence-corrected chi connectivity index (χ2v) is 5.41. The molecule has 0 atom stereocenters. The standard InChI is InChI=1S/C15H25N3/c1-12-9-13(11-16-2)10-15(17-12)18(3)14-7-5-4-6-8-14/h9-10,14,16H,4-8,11H2,1-3H3. The molecule has 1 heterocycles. The fourth-order valence-corrected chi connectivity index (χ4v) is 2.86. The van der Waals surface area contributed by atoms with Crippen LogP contribution in [-0.4, -0.2) is 25.1 Å². The Balaban J connectivity index is 2.15. The topological polar surface area (TPSA) is 28.2 Å². The van der Waals surface area contributed by atoms with Crippen LogP contribution in [0.3, 0.4) is 0 Å². The van der Waals surface area contributed by atoms with Gasteiger partial charge < -0.3 is 10.2 Å². The first-order chi connectivity index (χ1) is 8.70. The molecular weight excluding hydrogens is 222 g/mol. The zero-order chi connectivity index (χ0) is 13.0. The maximum atomic E-state index is 4.69. The van der Waals surface area contributed by atoms with Crippen molar-refractivity contribution in [1.29, 1.82) is 0 Å². The van der Waals surface area contributed by atoms with E-state index < -0.39 is 0 Å². The number of hydrogen-bond acceptors (Lipinski definition) is 3. The van der Waals surface area contributed by atoms with Crippen molar-refractivity contribution in [2.24, 2.45) is 0 Å². The molecule has 1 aromatic rings. The van der Waals surface area contributed by atoms with E-state index in [1.165, 1.54) is 37.7 Å². The Labute approximate surface area is 111 Å². The molecule has 0 spiro atoms. The number of nitrogens with zero attached hydrogens (tertiary/aromatic N) is 2. The highest BCUT2D eigenvalue weighted by atomic mass is 15.2. The molecule has 1 aliphatic rings. The number of nitrogens with one attached hydrogen (secondary N) is 1. The van der Waals surface area contributed by atoms with Crippen LogP contribution in [-0.2, 0) is 6.54 Å². The van der Waals surface area contributed by atoms with Gasteiger partial charge in [-0.05, 0) is 44.5 Å². The number of aromatic nitrogens is 1. The van der Waals surface area contributed by atoms with Crippen LogP contribution in [0.25, 0.3) is 0 Å². The second-order valence-electron chi connectivity index (χ2n) is 5.41. The minimum absolute atomic E-state index is 0.676. The third-order valence-corrected chi connectivity index (χ3v) is 3.86. The summed E-state index contributed by atoms with van der Waals surface area (Å²) in [6.45, 7) is 2.99. The summed E-state index contributed by atoms with van der Waals surface area (Å²) in [6.07, 6.45) is 6.76. The molecule has 0 saturated heterocycles. The largest absolute Gasteiger partial charge is 0.357 e. The molecule has 0 aromatic carbocycles. The summed E-state index contributed by atoms with van der Waals surface area (Å²) in [5.41, 5.74) is 2.43. The molecule has 2 rings (SSSR count). The van der Waals surface area contributed by atoms with E-state index in [-0.39, 0.29) is 0 Å². The van der Waals surface area contributed by atoms with Crippen molar-refractivity contribution in [2.45, 2.75) is 51.6 Å². The van der Waals surface area contributed by atoms with E-state index in [1.54, 1.807) is 0 Å². The average molecular weight is 247 g/mol. The Hall–Kier alpha value is -1.09. The van der Waals surface area contributed by atoms with Crippen LogP contribution in [0.4, 0.5) is 5.82 Å². The van der Waals surface area contributed by atoms with E-state index in [1.807, 2.05) is 7.05 Å². The Morgan fingerprint density at radius 1 is 1.28 bits per heavy atom. The highest BCUT2D eigenvalue weighted by molar-refractivity contribution is 5.43. The molecule has 3 heteroatoms. The molecule has 1 aliphatic carbocycles. The van der Waals surface area contributed by atoms with Crippen molar-refractivity contribution in [1.82, 2.24) is 10.3 Å². The number of anilines is 1. The molecule has 0 aliphatic heterocycles. The molecule has 3 nitrogen and oxygen atoms in total. The molecule has 100 valence electrons. The summed E-state index contributed by atoms with van der Waals surface area (Å²) in [7, 11) is 4.18. The number of hydrogen-bond donors (Lipinski definition) is 1. The fourth-order valence-electron chi connectivity index (χ4n) is 2.86. The predicted octanol–water partition coefficient (Wildman–Crippen LogP) is 2.88. The van der Waals surface area contributed by atoms with Gasteiger partial charge in [0.05, 0.1) is 0 Å². The lowest BCUT2D eigenvalue weighted by molar-refractivity contribution is 0.426. The van der Waals surface area contributed by atoms with E-state index in [4.69, 9.17) is 0 Å². The van der Waals surface area contributed by atoms with E-state index in [2.05, 4.69) is 41.3 Å². The number of aryl methyl sites for hydroxylation is 1. The van der Waals surface area contributed by atoms with E-state index in [0.29, 0.717) is 6.04 Å². The normalized spacial score (nSPS) is 16.8. The van der Waals surface area contributed by atoms with E-state index >= 15 is 0 Å². The van der Waals surface area contributed by atoms with Crippen molar-refractivity contribution in [2.75, 3.05) is 19.0 Å². The SMILES string of the molecule is CNCc1cc(C)nc(N(C)C2CCCCC2)c1. The molecule has 18 heavy (non-hydrogen) atoms. The van der Waals surface area contributed by atoms with Crippen LogP contribution >= 0.6 is 0 Å². The highest BCUT2D eigenvalue weighted by Gasteiger charge is 2.19. The Morgan fingerprint density at radius 2 is 2.00 bits per heavy atom. The fraction of sp³-hybridized carbons (Fsp3) is 0.667. The van der Waals surface area contributed by atoms with Gasteiger partial charge in [0.1, 0.15) is 5.82 Å². The zero-order valence-corrected chi connectivity index (χ0v) is 11.9. The smallest absolute Gasteiger partial charge is 0.129 e. The van der Waals surface area contributed by atoms with Gasteiger partial charge in [0.15, 0.2) is 0 Å². The van der Waals surface area contributed by atoms with Crippen molar-refractivity contribution in [3.8, 4) is 0 Å². The quantitative estimate of drug-likeness (QED) is 0.886. The van der Waals surface area contributed by atoms with E-state index in [9.17, 15) is 0 Å².